The van der Waals surface area contributed by atoms with Crippen LogP contribution in [0.4, 0.5) is 17.1 Å². The van der Waals surface area contributed by atoms with E-state index in [9.17, 15) is 19.5 Å². The fraction of sp³-hybridized carbons (Fsp3) is 0.278. The maximum atomic E-state index is 13.8. The zero-order valence-electron chi connectivity index (χ0n) is 15.4. The Kier molecular flexibility index (Phi) is 5.51. The molecule has 0 saturated heterocycles. The van der Waals surface area contributed by atoms with E-state index in [0.717, 1.165) is 0 Å². The summed E-state index contributed by atoms with van der Waals surface area (Å²) < 4.78 is 24.9. The van der Waals surface area contributed by atoms with E-state index in [2.05, 4.69) is 10.6 Å². The van der Waals surface area contributed by atoms with Gasteiger partial charge in [0.2, 0.25) is 5.28 Å². The van der Waals surface area contributed by atoms with Crippen molar-refractivity contribution in [3.8, 4) is 0 Å². The Bertz CT molecular complexity index is 939. The molecule has 0 spiro atoms. The standard InChI is InChI=1S/C18H20N3O6P/c1-3-26-28(25,27-4-2)18(15-7-5-6-8-16(15)19-17(18)22)20-13-9-11-14(12-10-13)21(23)24/h5-12,20H,3-4H2,1-2H3,(H,19,22). The Hall–Kier alpha value is -2.74. The Morgan fingerprint density at radius 3 is 2.29 bits per heavy atom. The van der Waals surface area contributed by atoms with E-state index < -0.39 is 23.7 Å². The number of nitro groups is 1. The van der Waals surface area contributed by atoms with E-state index in [1.165, 1.54) is 24.3 Å². The molecule has 1 aliphatic rings. The van der Waals surface area contributed by atoms with Crippen LogP contribution in [0.25, 0.3) is 0 Å². The second kappa shape index (κ2) is 7.71. The number of carbonyl (C=O) groups is 1. The molecule has 1 atom stereocenters. The molecule has 1 heterocycles. The summed E-state index contributed by atoms with van der Waals surface area (Å²) in [5.74, 6) is -0.586. The largest absolute Gasteiger partial charge is 0.370 e. The smallest absolute Gasteiger partial charge is 0.358 e. The summed E-state index contributed by atoms with van der Waals surface area (Å²) in [6, 6.07) is 12.3. The summed E-state index contributed by atoms with van der Waals surface area (Å²) in [6.45, 7) is 3.45. The van der Waals surface area contributed by atoms with Crippen LogP contribution in [0.2, 0.25) is 0 Å². The first kappa shape index (κ1) is 20.0. The van der Waals surface area contributed by atoms with Gasteiger partial charge in [0.15, 0.2) is 0 Å². The van der Waals surface area contributed by atoms with Crippen molar-refractivity contribution >= 4 is 30.6 Å². The lowest BCUT2D eigenvalue weighted by Gasteiger charge is -2.35. The SMILES string of the molecule is CCOP(=O)(OCC)C1(Nc2ccc([N+](=O)[O-])cc2)C(=O)Nc2ccccc21. The average molecular weight is 405 g/mol. The third-order valence-corrected chi connectivity index (χ3v) is 6.88. The van der Waals surface area contributed by atoms with Crippen molar-refractivity contribution in [1.82, 2.24) is 0 Å². The number of nitrogens with one attached hydrogen (secondary N) is 2. The second-order valence-electron chi connectivity index (χ2n) is 5.97. The molecule has 0 radical (unpaired) electrons. The van der Waals surface area contributed by atoms with Crippen molar-refractivity contribution < 1.29 is 23.3 Å². The van der Waals surface area contributed by atoms with Crippen molar-refractivity contribution in [3.05, 3.63) is 64.2 Å². The average Bonchev–Trinajstić information content (AvgIpc) is 2.95. The second-order valence-corrected chi connectivity index (χ2v) is 8.15. The van der Waals surface area contributed by atoms with Crippen molar-refractivity contribution in [1.29, 1.82) is 0 Å². The maximum absolute atomic E-state index is 13.8. The van der Waals surface area contributed by atoms with E-state index in [1.54, 1.807) is 38.1 Å². The number of hydrogen-bond acceptors (Lipinski definition) is 7. The lowest BCUT2D eigenvalue weighted by molar-refractivity contribution is -0.384. The van der Waals surface area contributed by atoms with Crippen LogP contribution >= 0.6 is 7.60 Å². The number of rotatable bonds is 8. The molecular weight excluding hydrogens is 385 g/mol. The summed E-state index contributed by atoms with van der Waals surface area (Å²) in [6.07, 6.45) is 0. The van der Waals surface area contributed by atoms with Crippen LogP contribution in [0.1, 0.15) is 19.4 Å². The molecule has 2 aromatic rings. The van der Waals surface area contributed by atoms with Crippen molar-refractivity contribution in [2.45, 2.75) is 19.1 Å². The zero-order chi connectivity index (χ0) is 20.4. The van der Waals surface area contributed by atoms with Gasteiger partial charge in [-0.15, -0.1) is 0 Å². The Morgan fingerprint density at radius 2 is 1.71 bits per heavy atom. The number of para-hydroxylation sites is 1. The first-order chi connectivity index (χ1) is 13.4. The van der Waals surface area contributed by atoms with E-state index in [4.69, 9.17) is 9.05 Å². The fourth-order valence-electron chi connectivity index (χ4n) is 3.15. The molecule has 1 amide bonds. The molecule has 9 nitrogen and oxygen atoms in total. The number of nitro benzene ring substituents is 1. The molecule has 3 rings (SSSR count). The number of benzene rings is 2. The minimum absolute atomic E-state index is 0.0659. The minimum Gasteiger partial charge on any atom is -0.358 e. The minimum atomic E-state index is -4.04. The number of nitrogens with zero attached hydrogens (tertiary/aromatic N) is 1. The summed E-state index contributed by atoms with van der Waals surface area (Å²) in [5.41, 5.74) is 1.16. The number of hydrogen-bond donors (Lipinski definition) is 2. The summed E-state index contributed by atoms with van der Waals surface area (Å²) in [4.78, 5) is 23.5. The Balaban J connectivity index is 2.17. The molecule has 1 aliphatic heterocycles. The number of carbonyl (C=O) groups excluding carboxylic acids is 1. The van der Waals surface area contributed by atoms with Crippen LogP contribution in [0.3, 0.4) is 0 Å². The third kappa shape index (κ3) is 3.17. The molecule has 10 heteroatoms. The van der Waals surface area contributed by atoms with E-state index in [-0.39, 0.29) is 18.9 Å². The summed E-state index contributed by atoms with van der Waals surface area (Å²) in [5, 5.41) is 14.8. The molecule has 0 fully saturated rings. The van der Waals surface area contributed by atoms with E-state index in [0.29, 0.717) is 16.9 Å². The van der Waals surface area contributed by atoms with E-state index in [1.807, 2.05) is 0 Å². The first-order valence-electron chi connectivity index (χ1n) is 8.70. The lowest BCUT2D eigenvalue weighted by atomic mass is 10.1. The molecule has 2 aromatic carbocycles. The van der Waals surface area contributed by atoms with Gasteiger partial charge in [-0.05, 0) is 32.0 Å². The normalized spacial score (nSPS) is 18.4. The molecule has 148 valence electrons. The highest BCUT2D eigenvalue weighted by atomic mass is 31.2. The summed E-state index contributed by atoms with van der Waals surface area (Å²) in [7, 11) is -4.04. The number of anilines is 2. The van der Waals surface area contributed by atoms with Gasteiger partial charge in [-0.2, -0.15) is 0 Å². The van der Waals surface area contributed by atoms with Gasteiger partial charge in [0.1, 0.15) is 0 Å². The monoisotopic (exact) mass is 405 g/mol. The van der Waals surface area contributed by atoms with Gasteiger partial charge in [-0.3, -0.25) is 19.5 Å². The van der Waals surface area contributed by atoms with Gasteiger partial charge < -0.3 is 19.7 Å². The van der Waals surface area contributed by atoms with Gasteiger partial charge in [0.05, 0.1) is 18.1 Å². The highest BCUT2D eigenvalue weighted by molar-refractivity contribution is 7.56. The maximum Gasteiger partial charge on any atom is 0.370 e. The van der Waals surface area contributed by atoms with Crippen molar-refractivity contribution in [2.24, 2.45) is 0 Å². The van der Waals surface area contributed by atoms with Gasteiger partial charge in [-0.25, -0.2) is 0 Å². The molecular formula is C18H20N3O6P. The van der Waals surface area contributed by atoms with E-state index >= 15 is 0 Å². The highest BCUT2D eigenvalue weighted by Gasteiger charge is 2.62. The molecule has 0 aliphatic carbocycles. The van der Waals surface area contributed by atoms with Crippen LogP contribution in [-0.2, 0) is 23.7 Å². The molecule has 0 aromatic heterocycles. The Morgan fingerprint density at radius 1 is 1.11 bits per heavy atom. The Labute approximate surface area is 161 Å². The van der Waals surface area contributed by atoms with Crippen LogP contribution in [0, 0.1) is 10.1 Å². The molecule has 0 saturated carbocycles. The van der Waals surface area contributed by atoms with Crippen molar-refractivity contribution in [3.63, 3.8) is 0 Å². The summed E-state index contributed by atoms with van der Waals surface area (Å²) >= 11 is 0. The van der Waals surface area contributed by atoms with Crippen LogP contribution in [0.5, 0.6) is 0 Å². The number of amides is 1. The van der Waals surface area contributed by atoms with Gasteiger partial charge in [0, 0.05) is 29.1 Å². The van der Waals surface area contributed by atoms with Gasteiger partial charge in [-0.1, -0.05) is 18.2 Å². The van der Waals surface area contributed by atoms with Crippen molar-refractivity contribution in [2.75, 3.05) is 23.8 Å². The topological polar surface area (TPSA) is 120 Å². The number of fused-ring (bicyclic) bond motifs is 1. The fourth-order valence-corrected chi connectivity index (χ4v) is 5.36. The first-order valence-corrected chi connectivity index (χ1v) is 10.2. The number of non-ortho nitro benzene ring substituents is 1. The lowest BCUT2D eigenvalue weighted by Crippen LogP contribution is -2.43. The van der Waals surface area contributed by atoms with Crippen LogP contribution in [-0.4, -0.2) is 24.0 Å². The quantitative estimate of drug-likeness (QED) is 0.386. The van der Waals surface area contributed by atoms with Crippen LogP contribution < -0.4 is 10.6 Å². The molecule has 0 bridgehead atoms. The van der Waals surface area contributed by atoms with Gasteiger partial charge in [0.25, 0.3) is 11.6 Å². The van der Waals surface area contributed by atoms with Gasteiger partial charge >= 0.3 is 7.60 Å². The zero-order valence-corrected chi connectivity index (χ0v) is 16.3. The van der Waals surface area contributed by atoms with Crippen LogP contribution in [0.15, 0.2) is 48.5 Å². The third-order valence-electron chi connectivity index (χ3n) is 4.31. The predicted molar refractivity (Wildman–Crippen MR) is 104 cm³/mol. The molecule has 28 heavy (non-hydrogen) atoms. The molecule has 2 N–H and O–H groups in total. The molecule has 1 unspecified atom stereocenters. The highest BCUT2D eigenvalue weighted by Crippen LogP contribution is 2.67. The predicted octanol–water partition coefficient (Wildman–Crippen LogP) is 4.08.